The first-order valence-electron chi connectivity index (χ1n) is 7.78. The molecular formula is C18H21F2N3O. The summed E-state index contributed by atoms with van der Waals surface area (Å²) in [5.74, 6) is 0.784. The zero-order chi connectivity index (χ0) is 17.2. The molecule has 2 rings (SSSR count). The normalized spacial score (nSPS) is 11.4. The van der Waals surface area contributed by atoms with Crippen molar-refractivity contribution in [3.05, 3.63) is 65.7 Å². The van der Waals surface area contributed by atoms with E-state index in [1.165, 1.54) is 6.07 Å². The van der Waals surface area contributed by atoms with Crippen LogP contribution >= 0.6 is 0 Å². The maximum atomic E-state index is 12.4. The van der Waals surface area contributed by atoms with Crippen LogP contribution in [0, 0.1) is 0 Å². The zero-order valence-electron chi connectivity index (χ0n) is 13.5. The largest absolute Gasteiger partial charge is 0.434 e. The molecule has 0 unspecified atom stereocenters. The maximum absolute atomic E-state index is 12.4. The van der Waals surface area contributed by atoms with Gasteiger partial charge >= 0.3 is 6.61 Å². The molecule has 0 aromatic heterocycles. The number of hydrogen-bond acceptors (Lipinski definition) is 2. The van der Waals surface area contributed by atoms with Crippen LogP contribution < -0.4 is 15.4 Å². The average molecular weight is 333 g/mol. The molecule has 2 aromatic carbocycles. The fraction of sp³-hybridized carbons (Fsp3) is 0.278. The van der Waals surface area contributed by atoms with E-state index in [4.69, 9.17) is 0 Å². The minimum absolute atomic E-state index is 0.166. The van der Waals surface area contributed by atoms with E-state index in [2.05, 4.69) is 20.4 Å². The van der Waals surface area contributed by atoms with Gasteiger partial charge in [-0.25, -0.2) is 4.99 Å². The average Bonchev–Trinajstić information content (AvgIpc) is 2.59. The van der Waals surface area contributed by atoms with Crippen LogP contribution in [0.1, 0.15) is 18.1 Å². The molecule has 0 aliphatic heterocycles. The number of benzene rings is 2. The lowest BCUT2D eigenvalue weighted by Crippen LogP contribution is -2.36. The lowest BCUT2D eigenvalue weighted by atomic mass is 10.2. The second kappa shape index (κ2) is 9.50. The van der Waals surface area contributed by atoms with Gasteiger partial charge in [0.1, 0.15) is 5.75 Å². The minimum Gasteiger partial charge on any atom is -0.434 e. The SMILES string of the molecule is CCNC(=NCc1ccccc1)NCc1ccccc1OC(F)F. The number of rotatable bonds is 7. The summed E-state index contributed by atoms with van der Waals surface area (Å²) < 4.78 is 29.4. The van der Waals surface area contributed by atoms with Gasteiger partial charge in [-0.05, 0) is 18.6 Å². The second-order valence-electron chi connectivity index (χ2n) is 5.02. The number of para-hydroxylation sites is 1. The van der Waals surface area contributed by atoms with Crippen molar-refractivity contribution < 1.29 is 13.5 Å². The lowest BCUT2D eigenvalue weighted by Gasteiger charge is -2.14. The molecule has 0 heterocycles. The van der Waals surface area contributed by atoms with Crippen LogP contribution in [0.4, 0.5) is 8.78 Å². The number of nitrogens with one attached hydrogen (secondary N) is 2. The van der Waals surface area contributed by atoms with Crippen molar-refractivity contribution in [2.45, 2.75) is 26.6 Å². The Hall–Kier alpha value is -2.63. The smallest absolute Gasteiger partial charge is 0.387 e. The Morgan fingerprint density at radius 2 is 1.75 bits per heavy atom. The number of halogens is 2. The molecule has 24 heavy (non-hydrogen) atoms. The summed E-state index contributed by atoms with van der Waals surface area (Å²) in [6.45, 7) is 0.698. The van der Waals surface area contributed by atoms with E-state index in [-0.39, 0.29) is 5.75 Å². The van der Waals surface area contributed by atoms with Gasteiger partial charge < -0.3 is 15.4 Å². The van der Waals surface area contributed by atoms with E-state index < -0.39 is 6.61 Å². The first kappa shape index (κ1) is 17.7. The number of aliphatic imine (C=N–C) groups is 1. The molecule has 2 aromatic rings. The molecule has 0 amide bonds. The van der Waals surface area contributed by atoms with Crippen LogP contribution in [0.5, 0.6) is 5.75 Å². The zero-order valence-corrected chi connectivity index (χ0v) is 13.5. The van der Waals surface area contributed by atoms with Crippen molar-refractivity contribution in [3.63, 3.8) is 0 Å². The molecule has 0 bridgehead atoms. The van der Waals surface area contributed by atoms with Crippen LogP contribution in [-0.4, -0.2) is 19.1 Å². The summed E-state index contributed by atoms with van der Waals surface area (Å²) in [6, 6.07) is 16.6. The summed E-state index contributed by atoms with van der Waals surface area (Å²) in [4.78, 5) is 4.49. The third-order valence-corrected chi connectivity index (χ3v) is 3.24. The highest BCUT2D eigenvalue weighted by molar-refractivity contribution is 5.79. The van der Waals surface area contributed by atoms with Gasteiger partial charge in [-0.3, -0.25) is 0 Å². The quantitative estimate of drug-likeness (QED) is 0.602. The predicted octanol–water partition coefficient (Wildman–Crippen LogP) is 3.54. The monoisotopic (exact) mass is 333 g/mol. The van der Waals surface area contributed by atoms with Crippen LogP contribution in [0.25, 0.3) is 0 Å². The number of hydrogen-bond donors (Lipinski definition) is 2. The highest BCUT2D eigenvalue weighted by Gasteiger charge is 2.09. The summed E-state index contributed by atoms with van der Waals surface area (Å²) in [6.07, 6.45) is 0. The van der Waals surface area contributed by atoms with Crippen LogP contribution in [0.2, 0.25) is 0 Å². The Balaban J connectivity index is 2.01. The fourth-order valence-corrected chi connectivity index (χ4v) is 2.14. The minimum atomic E-state index is -2.84. The van der Waals surface area contributed by atoms with Crippen molar-refractivity contribution in [1.82, 2.24) is 10.6 Å². The summed E-state index contributed by atoms with van der Waals surface area (Å²) in [7, 11) is 0. The lowest BCUT2D eigenvalue weighted by molar-refractivity contribution is -0.0504. The molecule has 0 spiro atoms. The topological polar surface area (TPSA) is 45.7 Å². The highest BCUT2D eigenvalue weighted by atomic mass is 19.3. The number of ether oxygens (including phenoxy) is 1. The maximum Gasteiger partial charge on any atom is 0.387 e. The van der Waals surface area contributed by atoms with Crippen LogP contribution in [0.3, 0.4) is 0 Å². The van der Waals surface area contributed by atoms with Gasteiger partial charge in [0.05, 0.1) is 6.54 Å². The molecule has 0 fully saturated rings. The van der Waals surface area contributed by atoms with Gasteiger partial charge in [0.25, 0.3) is 0 Å². The van der Waals surface area contributed by atoms with Crippen LogP contribution in [0.15, 0.2) is 59.6 Å². The van der Waals surface area contributed by atoms with Crippen molar-refractivity contribution in [3.8, 4) is 5.75 Å². The summed E-state index contributed by atoms with van der Waals surface area (Å²) >= 11 is 0. The highest BCUT2D eigenvalue weighted by Crippen LogP contribution is 2.19. The molecule has 0 aliphatic carbocycles. The Bertz CT molecular complexity index is 648. The summed E-state index contributed by atoms with van der Waals surface area (Å²) in [5, 5.41) is 6.27. The Morgan fingerprint density at radius 3 is 2.46 bits per heavy atom. The fourth-order valence-electron chi connectivity index (χ4n) is 2.14. The second-order valence-corrected chi connectivity index (χ2v) is 5.02. The Morgan fingerprint density at radius 1 is 1.04 bits per heavy atom. The summed E-state index contributed by atoms with van der Waals surface area (Å²) in [5.41, 5.74) is 1.74. The molecule has 0 aliphatic rings. The Labute approximate surface area is 140 Å². The van der Waals surface area contributed by atoms with Crippen molar-refractivity contribution in [1.29, 1.82) is 0 Å². The first-order valence-corrected chi connectivity index (χ1v) is 7.78. The van der Waals surface area contributed by atoms with E-state index in [0.29, 0.717) is 31.2 Å². The van der Waals surface area contributed by atoms with Gasteiger partial charge in [0.2, 0.25) is 0 Å². The molecule has 2 N–H and O–H groups in total. The van der Waals surface area contributed by atoms with E-state index in [0.717, 1.165) is 5.56 Å². The van der Waals surface area contributed by atoms with E-state index in [9.17, 15) is 8.78 Å². The predicted molar refractivity (Wildman–Crippen MR) is 91.2 cm³/mol. The molecule has 6 heteroatoms. The van der Waals surface area contributed by atoms with E-state index in [1.807, 2.05) is 37.3 Å². The van der Waals surface area contributed by atoms with Crippen molar-refractivity contribution >= 4 is 5.96 Å². The number of alkyl halides is 2. The van der Waals surface area contributed by atoms with E-state index >= 15 is 0 Å². The third-order valence-electron chi connectivity index (χ3n) is 3.24. The van der Waals surface area contributed by atoms with Gasteiger partial charge in [-0.2, -0.15) is 8.78 Å². The van der Waals surface area contributed by atoms with E-state index in [1.54, 1.807) is 18.2 Å². The van der Waals surface area contributed by atoms with Gasteiger partial charge in [-0.1, -0.05) is 48.5 Å². The number of guanidine groups is 1. The van der Waals surface area contributed by atoms with Crippen molar-refractivity contribution in [2.75, 3.05) is 6.54 Å². The van der Waals surface area contributed by atoms with Crippen LogP contribution in [-0.2, 0) is 13.1 Å². The molecule has 0 saturated heterocycles. The molecular weight excluding hydrogens is 312 g/mol. The molecule has 0 saturated carbocycles. The van der Waals surface area contributed by atoms with Crippen molar-refractivity contribution in [2.24, 2.45) is 4.99 Å². The molecule has 0 radical (unpaired) electrons. The molecule has 128 valence electrons. The molecule has 4 nitrogen and oxygen atoms in total. The first-order chi connectivity index (χ1) is 11.7. The standard InChI is InChI=1S/C18H21F2N3O/c1-2-21-18(22-12-14-8-4-3-5-9-14)23-13-15-10-6-7-11-16(15)24-17(19)20/h3-11,17H,2,12-13H2,1H3,(H2,21,22,23). The Kier molecular flexibility index (Phi) is 7.01. The van der Waals surface area contributed by atoms with Gasteiger partial charge in [-0.15, -0.1) is 0 Å². The molecule has 0 atom stereocenters. The number of nitrogens with zero attached hydrogens (tertiary/aromatic N) is 1. The van der Waals surface area contributed by atoms with Gasteiger partial charge in [0.15, 0.2) is 5.96 Å². The van der Waals surface area contributed by atoms with Gasteiger partial charge in [0, 0.05) is 18.7 Å². The third kappa shape index (κ3) is 5.87.